The molecule has 1 aromatic heterocycles. The molecule has 0 amide bonds. The van der Waals surface area contributed by atoms with Crippen molar-refractivity contribution in [2.24, 2.45) is 4.99 Å². The van der Waals surface area contributed by atoms with E-state index in [9.17, 15) is 18.4 Å². The third kappa shape index (κ3) is 5.37. The van der Waals surface area contributed by atoms with Crippen LogP contribution >= 0.6 is 27.3 Å². The lowest BCUT2D eigenvalue weighted by Gasteiger charge is -2.26. The van der Waals surface area contributed by atoms with E-state index in [-0.39, 0.29) is 23.7 Å². The molecule has 3 aromatic rings. The number of carbonyl (C=O) groups excluding carboxylic acids is 1. The van der Waals surface area contributed by atoms with E-state index < -0.39 is 24.2 Å². The van der Waals surface area contributed by atoms with E-state index in [1.54, 1.807) is 38.1 Å². The number of hydrogen-bond acceptors (Lipinski definition) is 8. The van der Waals surface area contributed by atoms with Crippen LogP contribution in [0.4, 0.5) is 8.78 Å². The molecule has 0 N–H and O–H groups in total. The topological polar surface area (TPSA) is 88.4 Å². The van der Waals surface area contributed by atoms with Gasteiger partial charge in [0.25, 0.3) is 5.56 Å². The Bertz CT molecular complexity index is 1600. The lowest BCUT2D eigenvalue weighted by molar-refractivity contribution is -0.139. The minimum atomic E-state index is -3.01. The van der Waals surface area contributed by atoms with Gasteiger partial charge in [0, 0.05) is 10.0 Å². The molecule has 12 heteroatoms. The van der Waals surface area contributed by atoms with Gasteiger partial charge in [0.1, 0.15) is 11.8 Å². The van der Waals surface area contributed by atoms with E-state index >= 15 is 0 Å². The van der Waals surface area contributed by atoms with Gasteiger partial charge in [0.15, 0.2) is 16.3 Å². The zero-order valence-electron chi connectivity index (χ0n) is 20.8. The normalized spacial score (nSPS) is 15.3. The van der Waals surface area contributed by atoms with Crippen molar-refractivity contribution in [1.29, 1.82) is 0 Å². The molecule has 0 aliphatic carbocycles. The van der Waals surface area contributed by atoms with Crippen LogP contribution in [0.5, 0.6) is 17.2 Å². The molecule has 0 radical (unpaired) electrons. The minimum Gasteiger partial charge on any atom is -0.496 e. The number of halogens is 3. The van der Waals surface area contributed by atoms with Gasteiger partial charge in [-0.3, -0.25) is 9.36 Å². The van der Waals surface area contributed by atoms with Crippen molar-refractivity contribution in [3.8, 4) is 17.2 Å². The minimum absolute atomic E-state index is 0.0871. The number of nitrogens with zero attached hydrogens (tertiary/aromatic N) is 2. The molecule has 200 valence electrons. The summed E-state index contributed by atoms with van der Waals surface area (Å²) in [5, 5.41) is 0. The summed E-state index contributed by atoms with van der Waals surface area (Å²) in [5.74, 6) is -0.153. The molecule has 38 heavy (non-hydrogen) atoms. The van der Waals surface area contributed by atoms with Crippen LogP contribution in [0.1, 0.15) is 31.0 Å². The Morgan fingerprint density at radius 2 is 1.87 bits per heavy atom. The predicted molar refractivity (Wildman–Crippen MR) is 141 cm³/mol. The number of aromatic nitrogens is 1. The van der Waals surface area contributed by atoms with Crippen LogP contribution in [0.3, 0.4) is 0 Å². The summed E-state index contributed by atoms with van der Waals surface area (Å²) < 4.78 is 48.4. The van der Waals surface area contributed by atoms with Crippen LogP contribution in [-0.2, 0) is 9.53 Å². The first-order valence-corrected chi connectivity index (χ1v) is 12.9. The molecule has 0 unspecified atom stereocenters. The Morgan fingerprint density at radius 1 is 1.16 bits per heavy atom. The lowest BCUT2D eigenvalue weighted by atomic mass is 9.95. The van der Waals surface area contributed by atoms with Crippen LogP contribution in [0, 0.1) is 0 Å². The second-order valence-corrected chi connectivity index (χ2v) is 9.90. The van der Waals surface area contributed by atoms with Crippen LogP contribution < -0.4 is 29.1 Å². The first-order chi connectivity index (χ1) is 18.2. The number of thiazole rings is 1. The zero-order chi connectivity index (χ0) is 27.6. The average Bonchev–Trinajstić information content (AvgIpc) is 3.17. The molecule has 0 bridgehead atoms. The van der Waals surface area contributed by atoms with E-state index in [0.717, 1.165) is 15.8 Å². The van der Waals surface area contributed by atoms with Gasteiger partial charge in [-0.05, 0) is 55.8 Å². The molecule has 4 rings (SSSR count). The summed E-state index contributed by atoms with van der Waals surface area (Å²) in [6, 6.07) is 8.81. The summed E-state index contributed by atoms with van der Waals surface area (Å²) in [6.07, 6.45) is 1.59. The highest BCUT2D eigenvalue weighted by atomic mass is 79.9. The first kappa shape index (κ1) is 27.5. The number of ether oxygens (including phenoxy) is 4. The first-order valence-electron chi connectivity index (χ1n) is 11.3. The van der Waals surface area contributed by atoms with Gasteiger partial charge >= 0.3 is 12.6 Å². The van der Waals surface area contributed by atoms with Crippen LogP contribution in [0.2, 0.25) is 0 Å². The summed E-state index contributed by atoms with van der Waals surface area (Å²) in [4.78, 5) is 31.8. The fraction of sp³-hybridized carbons (Fsp3) is 0.269. The molecule has 0 spiro atoms. The molecule has 0 fully saturated rings. The molecule has 2 aromatic carbocycles. The number of alkyl halides is 2. The van der Waals surface area contributed by atoms with Crippen molar-refractivity contribution >= 4 is 39.3 Å². The summed E-state index contributed by atoms with van der Waals surface area (Å²) in [6.45, 7) is 0.525. The average molecular weight is 609 g/mol. The van der Waals surface area contributed by atoms with Crippen molar-refractivity contribution in [1.82, 2.24) is 4.57 Å². The fourth-order valence-electron chi connectivity index (χ4n) is 4.12. The molecule has 0 saturated carbocycles. The number of fused-ring (bicyclic) bond motifs is 1. The Balaban J connectivity index is 1.94. The third-order valence-corrected chi connectivity index (χ3v) is 7.18. The summed E-state index contributed by atoms with van der Waals surface area (Å²) in [7, 11) is 2.84. The number of carbonyl (C=O) groups is 1. The maximum absolute atomic E-state index is 13.8. The number of rotatable bonds is 8. The van der Waals surface area contributed by atoms with E-state index in [1.165, 1.54) is 37.0 Å². The molecule has 8 nitrogen and oxygen atoms in total. The lowest BCUT2D eigenvalue weighted by Crippen LogP contribution is -2.40. The molecule has 0 saturated heterocycles. The van der Waals surface area contributed by atoms with Crippen molar-refractivity contribution < 1.29 is 32.5 Å². The quantitative estimate of drug-likeness (QED) is 0.357. The van der Waals surface area contributed by atoms with Gasteiger partial charge in [-0.2, -0.15) is 8.78 Å². The zero-order valence-corrected chi connectivity index (χ0v) is 23.2. The molecule has 1 atom stereocenters. The fourth-order valence-corrected chi connectivity index (χ4v) is 5.55. The van der Waals surface area contributed by atoms with Gasteiger partial charge in [0.05, 0.1) is 36.6 Å². The predicted octanol–water partition coefficient (Wildman–Crippen LogP) is 4.18. The van der Waals surface area contributed by atoms with E-state index in [2.05, 4.69) is 25.7 Å². The third-order valence-electron chi connectivity index (χ3n) is 5.70. The van der Waals surface area contributed by atoms with Gasteiger partial charge in [-0.15, -0.1) is 0 Å². The van der Waals surface area contributed by atoms with Gasteiger partial charge < -0.3 is 18.9 Å². The van der Waals surface area contributed by atoms with Crippen molar-refractivity contribution in [2.75, 3.05) is 20.8 Å². The molecule has 2 heterocycles. The second kappa shape index (κ2) is 11.5. The number of esters is 1. The maximum Gasteiger partial charge on any atom is 0.387 e. The number of allylic oxidation sites excluding steroid dienone is 1. The smallest absolute Gasteiger partial charge is 0.387 e. The van der Waals surface area contributed by atoms with Crippen molar-refractivity contribution in [2.45, 2.75) is 26.5 Å². The molecular formula is C26H23BrF2N2O6S. The van der Waals surface area contributed by atoms with E-state index in [4.69, 9.17) is 14.2 Å². The number of benzene rings is 2. The SMILES string of the molecule is CCOC(=O)C1=C(C)N=c2s/c(=C\c3ccc(OC(F)F)c(OC)c3)c(=O)n2[C@@H]1c1cc(Br)ccc1OC. The van der Waals surface area contributed by atoms with Crippen LogP contribution in [0.15, 0.2) is 61.9 Å². The number of methoxy groups -OCH3 is 2. The largest absolute Gasteiger partial charge is 0.496 e. The van der Waals surface area contributed by atoms with Crippen molar-refractivity contribution in [3.05, 3.63) is 83.0 Å². The molecule has 1 aliphatic rings. The Labute approximate surface area is 228 Å². The second-order valence-electron chi connectivity index (χ2n) is 7.98. The van der Waals surface area contributed by atoms with Crippen molar-refractivity contribution in [3.63, 3.8) is 0 Å². The Hall–Kier alpha value is -3.51. The Morgan fingerprint density at radius 3 is 2.53 bits per heavy atom. The van der Waals surface area contributed by atoms with E-state index in [1.807, 2.05) is 0 Å². The monoisotopic (exact) mass is 608 g/mol. The van der Waals surface area contributed by atoms with Gasteiger partial charge in [-0.25, -0.2) is 9.79 Å². The number of hydrogen-bond donors (Lipinski definition) is 0. The standard InChI is InChI=1S/C26H23BrF2N2O6S/c1-5-36-24(33)21-13(2)30-26-31(22(21)16-12-15(27)7-9-17(16)34-3)23(32)20(38-26)11-14-6-8-18(37-25(28)29)19(10-14)35-4/h6-12,22,25H,5H2,1-4H3/b20-11-/t22-/m1/s1. The van der Waals surface area contributed by atoms with Gasteiger partial charge in [0.2, 0.25) is 0 Å². The van der Waals surface area contributed by atoms with Crippen LogP contribution in [-0.4, -0.2) is 38.0 Å². The highest BCUT2D eigenvalue weighted by molar-refractivity contribution is 9.10. The summed E-state index contributed by atoms with van der Waals surface area (Å²) in [5.41, 5.74) is 1.33. The van der Waals surface area contributed by atoms with E-state index in [0.29, 0.717) is 31.9 Å². The Kier molecular flexibility index (Phi) is 8.32. The maximum atomic E-state index is 13.8. The highest BCUT2D eigenvalue weighted by Gasteiger charge is 2.35. The highest BCUT2D eigenvalue weighted by Crippen LogP contribution is 2.37. The molecular weight excluding hydrogens is 586 g/mol. The van der Waals surface area contributed by atoms with Gasteiger partial charge in [-0.1, -0.05) is 33.3 Å². The van der Waals surface area contributed by atoms with Crippen LogP contribution in [0.25, 0.3) is 6.08 Å². The molecule has 1 aliphatic heterocycles. The summed E-state index contributed by atoms with van der Waals surface area (Å²) >= 11 is 4.60.